The van der Waals surface area contributed by atoms with Crippen molar-refractivity contribution in [3.05, 3.63) is 73.8 Å². The van der Waals surface area contributed by atoms with Crippen molar-refractivity contribution >= 4 is 21.8 Å². The minimum absolute atomic E-state index is 0.194. The Bertz CT molecular complexity index is 1320. The number of nitrogens with zero attached hydrogens (tertiary/aromatic N) is 2. The van der Waals surface area contributed by atoms with Crippen molar-refractivity contribution in [2.75, 3.05) is 0 Å². The van der Waals surface area contributed by atoms with Crippen LogP contribution in [0.4, 0.5) is 0 Å². The minimum atomic E-state index is -0.497. The number of rotatable bonds is 1. The van der Waals surface area contributed by atoms with Gasteiger partial charge in [0.1, 0.15) is 5.69 Å². The van der Waals surface area contributed by atoms with E-state index in [4.69, 9.17) is 0 Å². The summed E-state index contributed by atoms with van der Waals surface area (Å²) in [5.41, 5.74) is -0.132. The number of aromatic amines is 2. The highest BCUT2D eigenvalue weighted by Gasteiger charge is 2.21. The third-order valence-corrected chi connectivity index (χ3v) is 4.44. The molecule has 2 N–H and O–H groups in total. The monoisotopic (exact) mass is 335 g/mol. The van der Waals surface area contributed by atoms with Crippen LogP contribution >= 0.6 is 0 Å². The molecule has 0 aliphatic carbocycles. The first-order valence-electron chi connectivity index (χ1n) is 7.72. The molecule has 0 bridgehead atoms. The Morgan fingerprint density at radius 1 is 0.920 bits per heavy atom. The highest BCUT2D eigenvalue weighted by Crippen LogP contribution is 2.28. The van der Waals surface area contributed by atoms with E-state index in [1.807, 2.05) is 42.5 Å². The van der Waals surface area contributed by atoms with E-state index in [0.717, 1.165) is 20.9 Å². The maximum Gasteiger partial charge on any atom is 0.439 e. The van der Waals surface area contributed by atoms with Crippen molar-refractivity contribution in [1.29, 1.82) is 0 Å². The van der Waals surface area contributed by atoms with Crippen LogP contribution in [-0.4, -0.2) is 14.1 Å². The predicted octanol–water partition coefficient (Wildman–Crippen LogP) is 0.560. The molecule has 124 valence electrons. The molecule has 0 radical (unpaired) electrons. The van der Waals surface area contributed by atoms with Gasteiger partial charge in [0.05, 0.1) is 7.05 Å². The fourth-order valence-electron chi connectivity index (χ4n) is 3.18. The van der Waals surface area contributed by atoms with Crippen LogP contribution in [0.2, 0.25) is 0 Å². The highest BCUT2D eigenvalue weighted by atomic mass is 16.2. The zero-order valence-corrected chi connectivity index (χ0v) is 13.7. The minimum Gasteiger partial charge on any atom is -0.268 e. The molecule has 0 saturated carbocycles. The van der Waals surface area contributed by atoms with E-state index in [9.17, 15) is 14.4 Å². The molecule has 2 heterocycles. The number of H-pyrrole nitrogens is 2. The summed E-state index contributed by atoms with van der Waals surface area (Å²) in [5, 5.41) is 2.16. The summed E-state index contributed by atoms with van der Waals surface area (Å²) in [7, 11) is 2.94. The Morgan fingerprint density at radius 3 is 2.44 bits per heavy atom. The summed E-state index contributed by atoms with van der Waals surface area (Å²) >= 11 is 0. The summed E-state index contributed by atoms with van der Waals surface area (Å²) in [5.74, 6) is 0. The molecule has 4 rings (SSSR count). The maximum atomic E-state index is 12.8. The van der Waals surface area contributed by atoms with Crippen LogP contribution < -0.4 is 21.9 Å². The van der Waals surface area contributed by atoms with Crippen molar-refractivity contribution in [3.63, 3.8) is 0 Å². The van der Waals surface area contributed by atoms with E-state index in [1.165, 1.54) is 18.7 Å². The molecule has 2 aromatic carbocycles. The predicted molar refractivity (Wildman–Crippen MR) is 94.5 cm³/mol. The summed E-state index contributed by atoms with van der Waals surface area (Å²) in [4.78, 5) is 42.4. The molecule has 2 aromatic heterocycles. The molecule has 0 aliphatic heterocycles. The zero-order chi connectivity index (χ0) is 17.7. The number of fused-ring (bicyclic) bond motifs is 2. The van der Waals surface area contributed by atoms with Gasteiger partial charge in [0.15, 0.2) is 5.39 Å². The number of aryl methyl sites for hydroxylation is 1. The van der Waals surface area contributed by atoms with Crippen molar-refractivity contribution in [1.82, 2.24) is 14.1 Å². The van der Waals surface area contributed by atoms with Crippen LogP contribution in [0.15, 0.2) is 56.8 Å². The summed E-state index contributed by atoms with van der Waals surface area (Å²) in [6.07, 6.45) is 0. The van der Waals surface area contributed by atoms with Gasteiger partial charge in [-0.2, -0.15) is 0 Å². The van der Waals surface area contributed by atoms with Crippen molar-refractivity contribution in [2.24, 2.45) is 14.1 Å². The van der Waals surface area contributed by atoms with Crippen LogP contribution in [0.25, 0.3) is 33.1 Å². The van der Waals surface area contributed by atoms with Gasteiger partial charge in [-0.05, 0) is 10.8 Å². The van der Waals surface area contributed by atoms with Gasteiger partial charge in [-0.1, -0.05) is 42.5 Å². The van der Waals surface area contributed by atoms with Crippen LogP contribution in [0, 0.1) is 0 Å². The zero-order valence-electron chi connectivity index (χ0n) is 13.7. The molecule has 0 spiro atoms. The van der Waals surface area contributed by atoms with E-state index in [0.29, 0.717) is 5.69 Å². The van der Waals surface area contributed by atoms with E-state index in [1.54, 1.807) is 0 Å². The molecule has 0 unspecified atom stereocenters. The van der Waals surface area contributed by atoms with Gasteiger partial charge in [-0.25, -0.2) is 28.7 Å². The number of hydrogen-bond donors (Lipinski definition) is 1. The Labute approximate surface area is 140 Å². The number of hydrogen-bond acceptors (Lipinski definition) is 3. The van der Waals surface area contributed by atoms with Gasteiger partial charge >= 0.3 is 11.4 Å². The summed E-state index contributed by atoms with van der Waals surface area (Å²) in [6.45, 7) is 0. The molecule has 0 fully saturated rings. The first-order valence-corrected chi connectivity index (χ1v) is 7.72. The van der Waals surface area contributed by atoms with E-state index in [2.05, 4.69) is 9.97 Å². The molecule has 25 heavy (non-hydrogen) atoms. The van der Waals surface area contributed by atoms with Gasteiger partial charge < -0.3 is 0 Å². The highest BCUT2D eigenvalue weighted by molar-refractivity contribution is 6.01. The normalized spacial score (nSPS) is 11.3. The second kappa shape index (κ2) is 5.27. The second-order valence-electron chi connectivity index (χ2n) is 5.91. The molecular weight excluding hydrogens is 320 g/mol. The lowest BCUT2D eigenvalue weighted by Crippen LogP contribution is -2.43. The fraction of sp³-hybridized carbons (Fsp3) is 0.111. The number of nitrogens with one attached hydrogen (secondary N) is 2. The first kappa shape index (κ1) is 15.1. The lowest BCUT2D eigenvalue weighted by molar-refractivity contribution is -0.374. The summed E-state index contributed by atoms with van der Waals surface area (Å²) in [6, 6.07) is 13.4. The van der Waals surface area contributed by atoms with Gasteiger partial charge in [0.2, 0.25) is 5.65 Å². The first-order chi connectivity index (χ1) is 12.0. The molecule has 7 heteroatoms. The van der Waals surface area contributed by atoms with Crippen LogP contribution in [0.1, 0.15) is 0 Å². The van der Waals surface area contributed by atoms with Crippen molar-refractivity contribution in [2.45, 2.75) is 0 Å². The Kier molecular flexibility index (Phi) is 3.18. The summed E-state index contributed by atoms with van der Waals surface area (Å²) < 4.78 is 2.30. The van der Waals surface area contributed by atoms with Crippen molar-refractivity contribution < 1.29 is 4.98 Å². The third-order valence-electron chi connectivity index (χ3n) is 4.44. The average molecular weight is 335 g/mol. The molecular formula is C18H15N4O3+. The molecule has 0 saturated heterocycles. The van der Waals surface area contributed by atoms with Gasteiger partial charge in [0, 0.05) is 12.6 Å². The number of aromatic nitrogens is 4. The van der Waals surface area contributed by atoms with Crippen LogP contribution in [-0.2, 0) is 14.1 Å². The Balaban J connectivity index is 2.29. The second-order valence-corrected chi connectivity index (χ2v) is 5.91. The fourth-order valence-corrected chi connectivity index (χ4v) is 3.18. The topological polar surface area (TPSA) is 91.0 Å². The molecule has 4 aromatic rings. The average Bonchev–Trinajstić information content (AvgIpc) is 2.63. The van der Waals surface area contributed by atoms with Crippen LogP contribution in [0.3, 0.4) is 0 Å². The lowest BCUT2D eigenvalue weighted by atomic mass is 10.0. The van der Waals surface area contributed by atoms with Gasteiger partial charge in [-0.3, -0.25) is 4.79 Å². The maximum absolute atomic E-state index is 12.8. The lowest BCUT2D eigenvalue weighted by Gasteiger charge is -2.08. The molecule has 0 amide bonds. The van der Waals surface area contributed by atoms with E-state index < -0.39 is 16.9 Å². The smallest absolute Gasteiger partial charge is 0.268 e. The Hall–Kier alpha value is -3.48. The van der Waals surface area contributed by atoms with Crippen molar-refractivity contribution in [3.8, 4) is 11.3 Å². The molecule has 0 aliphatic rings. The molecule has 7 nitrogen and oxygen atoms in total. The SMILES string of the molecule is Cn1c(=O)c2c(-c3cccc4ccccc34)[nH]c(=O)[nH+]c2n(C)c1=O. The van der Waals surface area contributed by atoms with E-state index >= 15 is 0 Å². The van der Waals surface area contributed by atoms with E-state index in [-0.39, 0.29) is 11.0 Å². The van der Waals surface area contributed by atoms with Gasteiger partial charge in [-0.15, -0.1) is 0 Å². The van der Waals surface area contributed by atoms with Gasteiger partial charge in [0.25, 0.3) is 5.56 Å². The standard InChI is InChI=1S/C18H14N4O3/c1-21-15-13(16(23)22(2)18(21)25)14(19-17(24)20-15)12-9-5-7-10-6-3-4-8-11(10)12/h3-9H,1-2H3,(H,19,20,24)/p+1. The largest absolute Gasteiger partial charge is 0.439 e. The van der Waals surface area contributed by atoms with Crippen LogP contribution in [0.5, 0.6) is 0 Å². The Morgan fingerprint density at radius 2 is 1.64 bits per heavy atom. The molecule has 0 atom stereocenters. The third kappa shape index (κ3) is 2.13. The quantitative estimate of drug-likeness (QED) is 0.551. The number of benzene rings is 2.